The number of nitrogens with one attached hydrogen (secondary N) is 1. The minimum absolute atomic E-state index is 0.0845. The van der Waals surface area contributed by atoms with Gasteiger partial charge in [-0.15, -0.1) is 0 Å². The van der Waals surface area contributed by atoms with Crippen LogP contribution >= 0.6 is 0 Å². The van der Waals surface area contributed by atoms with Crippen LogP contribution < -0.4 is 14.8 Å². The van der Waals surface area contributed by atoms with Crippen LogP contribution in [0.15, 0.2) is 96.8 Å². The van der Waals surface area contributed by atoms with E-state index in [4.69, 9.17) is 9.47 Å². The summed E-state index contributed by atoms with van der Waals surface area (Å²) in [6, 6.07) is 19.2. The van der Waals surface area contributed by atoms with Crippen molar-refractivity contribution in [3.05, 3.63) is 113 Å². The molecule has 1 atom stereocenters. The van der Waals surface area contributed by atoms with Gasteiger partial charge < -0.3 is 14.8 Å². The zero-order valence-electron chi connectivity index (χ0n) is 18.6. The van der Waals surface area contributed by atoms with Crippen molar-refractivity contribution < 1.29 is 9.47 Å². The predicted octanol–water partition coefficient (Wildman–Crippen LogP) is 7.26. The van der Waals surface area contributed by atoms with Crippen molar-refractivity contribution in [3.8, 4) is 34.1 Å². The first kappa shape index (κ1) is 18.6. The fourth-order valence-corrected chi connectivity index (χ4v) is 5.55. The standard InChI is InChI=1S/C30H23NO2/c1-30(2)23-13-4-3-10-19(23)22-16-26-27(17-24(22)30)33-29-21(12-6-14-25(29)32-26)20-11-5-8-18-9-7-15-31-28(18)20/h3-17,28,31H,1-2H3. The summed E-state index contributed by atoms with van der Waals surface area (Å²) in [6.45, 7) is 4.56. The molecule has 0 radical (unpaired) electrons. The Kier molecular flexibility index (Phi) is 3.67. The molecule has 33 heavy (non-hydrogen) atoms. The smallest absolute Gasteiger partial charge is 0.177 e. The Morgan fingerprint density at radius 2 is 1.61 bits per heavy atom. The Balaban J connectivity index is 1.34. The summed E-state index contributed by atoms with van der Waals surface area (Å²) >= 11 is 0. The summed E-state index contributed by atoms with van der Waals surface area (Å²) in [7, 11) is 0. The molecule has 3 nitrogen and oxygen atoms in total. The Bertz CT molecular complexity index is 1470. The molecule has 2 aliphatic carbocycles. The van der Waals surface area contributed by atoms with Gasteiger partial charge in [0.25, 0.3) is 0 Å². The minimum atomic E-state index is -0.0845. The SMILES string of the molecule is CC1(C)c2ccccc2-c2cc3c(cc21)Oc1c(cccc1C1=CC=CC2=CC=CNC21)O3. The molecular weight excluding hydrogens is 406 g/mol. The second kappa shape index (κ2) is 6.52. The lowest BCUT2D eigenvalue weighted by Crippen LogP contribution is -2.30. The van der Waals surface area contributed by atoms with E-state index in [0.29, 0.717) is 0 Å². The fourth-order valence-electron chi connectivity index (χ4n) is 5.55. The highest BCUT2D eigenvalue weighted by Crippen LogP contribution is 2.56. The van der Waals surface area contributed by atoms with Crippen LogP contribution in [0, 0.1) is 0 Å². The van der Waals surface area contributed by atoms with Gasteiger partial charge in [-0.1, -0.05) is 74.5 Å². The number of rotatable bonds is 1. The van der Waals surface area contributed by atoms with Crippen molar-refractivity contribution in [2.75, 3.05) is 0 Å². The van der Waals surface area contributed by atoms with E-state index in [1.165, 1.54) is 33.4 Å². The van der Waals surface area contributed by atoms with Gasteiger partial charge in [0.1, 0.15) is 0 Å². The summed E-state index contributed by atoms with van der Waals surface area (Å²) in [6.07, 6.45) is 12.6. The van der Waals surface area contributed by atoms with Gasteiger partial charge >= 0.3 is 0 Å². The van der Waals surface area contributed by atoms with Crippen LogP contribution in [0.5, 0.6) is 23.0 Å². The van der Waals surface area contributed by atoms with Gasteiger partial charge in [-0.3, -0.25) is 0 Å². The molecule has 0 saturated heterocycles. The van der Waals surface area contributed by atoms with Crippen LogP contribution in [-0.4, -0.2) is 6.04 Å². The highest BCUT2D eigenvalue weighted by Gasteiger charge is 2.38. The fraction of sp³-hybridized carbons (Fsp3) is 0.133. The van der Waals surface area contributed by atoms with Crippen LogP contribution in [0.2, 0.25) is 0 Å². The largest absolute Gasteiger partial charge is 0.449 e. The van der Waals surface area contributed by atoms with Crippen LogP contribution in [0.4, 0.5) is 0 Å². The van der Waals surface area contributed by atoms with E-state index in [9.17, 15) is 0 Å². The van der Waals surface area contributed by atoms with Crippen LogP contribution in [0.1, 0.15) is 30.5 Å². The highest BCUT2D eigenvalue weighted by atomic mass is 16.6. The number of dihydropyridines is 1. The second-order valence-electron chi connectivity index (χ2n) is 9.46. The third kappa shape index (κ3) is 2.56. The Hall–Kier alpha value is -3.98. The lowest BCUT2D eigenvalue weighted by atomic mass is 9.82. The first-order valence-corrected chi connectivity index (χ1v) is 11.4. The highest BCUT2D eigenvalue weighted by molar-refractivity contribution is 5.85. The number of hydrogen-bond acceptors (Lipinski definition) is 3. The summed E-state index contributed by atoms with van der Waals surface area (Å²) < 4.78 is 13.0. The molecule has 0 aromatic heterocycles. The number of hydrogen-bond donors (Lipinski definition) is 1. The molecule has 0 bridgehead atoms. The molecule has 2 aliphatic heterocycles. The zero-order valence-corrected chi connectivity index (χ0v) is 18.6. The maximum Gasteiger partial charge on any atom is 0.177 e. The third-order valence-corrected chi connectivity index (χ3v) is 7.23. The molecule has 1 N–H and O–H groups in total. The molecule has 0 amide bonds. The molecule has 3 aromatic rings. The molecular formula is C30H23NO2. The van der Waals surface area contributed by atoms with E-state index in [1.54, 1.807) is 0 Å². The molecule has 7 rings (SSSR count). The topological polar surface area (TPSA) is 30.5 Å². The Labute approximate surface area is 193 Å². The van der Waals surface area contributed by atoms with Crippen molar-refractivity contribution in [3.63, 3.8) is 0 Å². The predicted molar refractivity (Wildman–Crippen MR) is 132 cm³/mol. The quantitative estimate of drug-likeness (QED) is 0.345. The van der Waals surface area contributed by atoms with Crippen molar-refractivity contribution in [1.82, 2.24) is 5.32 Å². The third-order valence-electron chi connectivity index (χ3n) is 7.23. The number of allylic oxidation sites excluding steroid dienone is 4. The van der Waals surface area contributed by atoms with E-state index in [0.717, 1.165) is 28.6 Å². The molecule has 0 saturated carbocycles. The van der Waals surface area contributed by atoms with Crippen molar-refractivity contribution >= 4 is 5.57 Å². The molecule has 0 fully saturated rings. The molecule has 4 aliphatic rings. The maximum atomic E-state index is 6.60. The minimum Gasteiger partial charge on any atom is -0.449 e. The molecule has 0 spiro atoms. The average Bonchev–Trinajstić information content (AvgIpc) is 3.07. The molecule has 1 unspecified atom stereocenters. The number of fused-ring (bicyclic) bond motifs is 6. The number of benzene rings is 3. The van der Waals surface area contributed by atoms with E-state index in [1.807, 2.05) is 24.4 Å². The van der Waals surface area contributed by atoms with Gasteiger partial charge in [0.15, 0.2) is 23.0 Å². The molecule has 2 heterocycles. The van der Waals surface area contributed by atoms with Gasteiger partial charge in [0.2, 0.25) is 0 Å². The van der Waals surface area contributed by atoms with E-state index in [2.05, 4.69) is 85.9 Å². The van der Waals surface area contributed by atoms with Crippen LogP contribution in [0.3, 0.4) is 0 Å². The van der Waals surface area contributed by atoms with Crippen LogP contribution in [0.25, 0.3) is 16.7 Å². The summed E-state index contributed by atoms with van der Waals surface area (Å²) in [5, 5.41) is 3.49. The average molecular weight is 430 g/mol. The maximum absolute atomic E-state index is 6.60. The van der Waals surface area contributed by atoms with E-state index < -0.39 is 0 Å². The Morgan fingerprint density at radius 3 is 2.55 bits per heavy atom. The Morgan fingerprint density at radius 1 is 0.758 bits per heavy atom. The first-order valence-electron chi connectivity index (χ1n) is 11.4. The lowest BCUT2D eigenvalue weighted by Gasteiger charge is -2.30. The first-order chi connectivity index (χ1) is 16.1. The van der Waals surface area contributed by atoms with Gasteiger partial charge in [0, 0.05) is 11.0 Å². The monoisotopic (exact) mass is 429 g/mol. The van der Waals surface area contributed by atoms with E-state index >= 15 is 0 Å². The van der Waals surface area contributed by atoms with Gasteiger partial charge in [0.05, 0.1) is 6.04 Å². The van der Waals surface area contributed by atoms with Gasteiger partial charge in [-0.25, -0.2) is 0 Å². The zero-order chi connectivity index (χ0) is 22.2. The molecule has 3 heteroatoms. The summed E-state index contributed by atoms with van der Waals surface area (Å²) in [5.74, 6) is 3.06. The normalized spacial score (nSPS) is 20.0. The van der Waals surface area contributed by atoms with Crippen molar-refractivity contribution in [2.45, 2.75) is 25.3 Å². The number of para-hydroxylation sites is 1. The van der Waals surface area contributed by atoms with Crippen molar-refractivity contribution in [2.24, 2.45) is 0 Å². The molecule has 3 aromatic carbocycles. The molecule has 160 valence electrons. The number of ether oxygens (including phenoxy) is 2. The van der Waals surface area contributed by atoms with Crippen LogP contribution in [-0.2, 0) is 5.41 Å². The van der Waals surface area contributed by atoms with Gasteiger partial charge in [-0.05, 0) is 63.9 Å². The lowest BCUT2D eigenvalue weighted by molar-refractivity contribution is 0.358. The second-order valence-corrected chi connectivity index (χ2v) is 9.46. The van der Waals surface area contributed by atoms with E-state index in [-0.39, 0.29) is 11.5 Å². The van der Waals surface area contributed by atoms with Gasteiger partial charge in [-0.2, -0.15) is 0 Å². The summed E-state index contributed by atoms with van der Waals surface area (Å²) in [4.78, 5) is 0. The summed E-state index contributed by atoms with van der Waals surface area (Å²) in [5.41, 5.74) is 8.49. The van der Waals surface area contributed by atoms with Crippen molar-refractivity contribution in [1.29, 1.82) is 0 Å².